The molecule has 2 aliphatic heterocycles. The average Bonchev–Trinajstić information content (AvgIpc) is 2.69. The lowest BCUT2D eigenvalue weighted by Crippen LogP contribution is -2.55. The van der Waals surface area contributed by atoms with Crippen molar-refractivity contribution in [3.63, 3.8) is 0 Å². The summed E-state index contributed by atoms with van der Waals surface area (Å²) >= 11 is 0. The predicted octanol–water partition coefficient (Wildman–Crippen LogP) is 2.82. The molecule has 7 nitrogen and oxygen atoms in total. The summed E-state index contributed by atoms with van der Waals surface area (Å²) in [5, 5.41) is 0. The van der Waals surface area contributed by atoms with E-state index in [1.54, 1.807) is 14.7 Å². The molecular formula is C22H31N3O4. The molecule has 1 aromatic rings. The highest BCUT2D eigenvalue weighted by molar-refractivity contribution is 5.89. The lowest BCUT2D eigenvalue weighted by atomic mass is 9.99. The van der Waals surface area contributed by atoms with Gasteiger partial charge in [0, 0.05) is 39.1 Å². The van der Waals surface area contributed by atoms with Crippen LogP contribution in [0.25, 0.3) is 0 Å². The minimum atomic E-state index is -0.600. The van der Waals surface area contributed by atoms with Crippen LogP contribution < -0.4 is 0 Å². The standard InChI is InChI=1S/C22H31N3O4/c1-22(2,3)29-21(28)24-15-13-23(14-16-24)20(27)19(17-9-5-4-6-10-17)25-12-8-7-11-18(25)26/h4-6,9-10,19H,7-8,11-16H2,1-3H3. The Bertz CT molecular complexity index is 736. The Labute approximate surface area is 172 Å². The normalized spacial score (nSPS) is 19.1. The van der Waals surface area contributed by atoms with Crippen LogP contribution in [0.1, 0.15) is 51.6 Å². The molecule has 0 radical (unpaired) electrons. The lowest BCUT2D eigenvalue weighted by molar-refractivity contribution is -0.148. The number of carbonyl (C=O) groups is 3. The van der Waals surface area contributed by atoms with Gasteiger partial charge in [0.15, 0.2) is 0 Å². The third-order valence-electron chi connectivity index (χ3n) is 5.26. The Hall–Kier alpha value is -2.57. The predicted molar refractivity (Wildman–Crippen MR) is 109 cm³/mol. The molecule has 29 heavy (non-hydrogen) atoms. The van der Waals surface area contributed by atoms with E-state index in [0.717, 1.165) is 18.4 Å². The summed E-state index contributed by atoms with van der Waals surface area (Å²) in [6.07, 6.45) is 1.92. The number of hydrogen-bond acceptors (Lipinski definition) is 4. The quantitative estimate of drug-likeness (QED) is 0.781. The summed E-state index contributed by atoms with van der Waals surface area (Å²) in [6, 6.07) is 8.90. The number of nitrogens with zero attached hydrogens (tertiary/aromatic N) is 3. The second-order valence-corrected chi connectivity index (χ2v) is 8.65. The van der Waals surface area contributed by atoms with Crippen molar-refractivity contribution in [1.29, 1.82) is 0 Å². The number of benzene rings is 1. The Kier molecular flexibility index (Phi) is 6.45. The third-order valence-corrected chi connectivity index (χ3v) is 5.26. The van der Waals surface area contributed by atoms with Gasteiger partial charge >= 0.3 is 6.09 Å². The molecule has 1 atom stereocenters. The summed E-state index contributed by atoms with van der Waals surface area (Å²) < 4.78 is 5.43. The molecule has 0 bridgehead atoms. The second kappa shape index (κ2) is 8.84. The van der Waals surface area contributed by atoms with E-state index in [9.17, 15) is 14.4 Å². The number of amides is 3. The molecule has 3 amide bonds. The van der Waals surface area contributed by atoms with E-state index < -0.39 is 11.6 Å². The minimum Gasteiger partial charge on any atom is -0.444 e. The van der Waals surface area contributed by atoms with Crippen LogP contribution in [-0.2, 0) is 14.3 Å². The van der Waals surface area contributed by atoms with Crippen molar-refractivity contribution in [2.24, 2.45) is 0 Å². The number of carbonyl (C=O) groups excluding carboxylic acids is 3. The van der Waals surface area contributed by atoms with Gasteiger partial charge in [-0.3, -0.25) is 9.59 Å². The molecule has 1 unspecified atom stereocenters. The van der Waals surface area contributed by atoms with Crippen molar-refractivity contribution in [2.75, 3.05) is 32.7 Å². The van der Waals surface area contributed by atoms with Crippen LogP contribution in [0.15, 0.2) is 30.3 Å². The van der Waals surface area contributed by atoms with Crippen molar-refractivity contribution < 1.29 is 19.1 Å². The number of piperidine rings is 1. The first kappa shape index (κ1) is 21.1. The largest absolute Gasteiger partial charge is 0.444 e. The SMILES string of the molecule is CC(C)(C)OC(=O)N1CCN(C(=O)C(c2ccccc2)N2CCCCC2=O)CC1. The van der Waals surface area contributed by atoms with E-state index in [4.69, 9.17) is 4.74 Å². The first-order chi connectivity index (χ1) is 13.8. The van der Waals surface area contributed by atoms with Gasteiger partial charge in [0.1, 0.15) is 11.6 Å². The third kappa shape index (κ3) is 5.28. The van der Waals surface area contributed by atoms with E-state index in [1.165, 1.54) is 0 Å². The fourth-order valence-electron chi connectivity index (χ4n) is 3.80. The van der Waals surface area contributed by atoms with E-state index in [2.05, 4.69) is 0 Å². The van der Waals surface area contributed by atoms with Crippen LogP contribution in [0.2, 0.25) is 0 Å². The Balaban J connectivity index is 1.71. The molecule has 0 saturated carbocycles. The fraction of sp³-hybridized carbons (Fsp3) is 0.591. The van der Waals surface area contributed by atoms with Crippen LogP contribution in [0, 0.1) is 0 Å². The van der Waals surface area contributed by atoms with Crippen LogP contribution in [0.5, 0.6) is 0 Å². The van der Waals surface area contributed by atoms with Crippen molar-refractivity contribution in [2.45, 2.75) is 51.7 Å². The van der Waals surface area contributed by atoms with Crippen LogP contribution in [0.3, 0.4) is 0 Å². The van der Waals surface area contributed by atoms with E-state index in [-0.39, 0.29) is 17.9 Å². The topological polar surface area (TPSA) is 70.2 Å². The smallest absolute Gasteiger partial charge is 0.410 e. The first-order valence-electron chi connectivity index (χ1n) is 10.4. The molecule has 0 spiro atoms. The molecule has 0 aliphatic carbocycles. The van der Waals surface area contributed by atoms with Gasteiger partial charge in [-0.25, -0.2) is 4.79 Å². The molecule has 0 aromatic heterocycles. The Morgan fingerprint density at radius 2 is 1.55 bits per heavy atom. The van der Waals surface area contributed by atoms with E-state index in [0.29, 0.717) is 39.1 Å². The summed E-state index contributed by atoms with van der Waals surface area (Å²) in [5.74, 6) is -0.0406. The zero-order valence-electron chi connectivity index (χ0n) is 17.6. The van der Waals surface area contributed by atoms with Gasteiger partial charge in [-0.15, -0.1) is 0 Å². The van der Waals surface area contributed by atoms with E-state index >= 15 is 0 Å². The maximum absolute atomic E-state index is 13.4. The summed E-state index contributed by atoms with van der Waals surface area (Å²) in [7, 11) is 0. The molecule has 1 aromatic carbocycles. The zero-order valence-corrected chi connectivity index (χ0v) is 17.6. The summed E-state index contributed by atoms with van der Waals surface area (Å²) in [4.78, 5) is 43.4. The molecule has 2 aliphatic rings. The number of likely N-dealkylation sites (tertiary alicyclic amines) is 1. The Morgan fingerprint density at radius 1 is 0.931 bits per heavy atom. The van der Waals surface area contributed by atoms with Crippen LogP contribution >= 0.6 is 0 Å². The maximum Gasteiger partial charge on any atom is 0.410 e. The molecule has 2 saturated heterocycles. The van der Waals surface area contributed by atoms with Gasteiger partial charge in [-0.1, -0.05) is 30.3 Å². The highest BCUT2D eigenvalue weighted by Gasteiger charge is 2.37. The van der Waals surface area contributed by atoms with Crippen molar-refractivity contribution in [3.05, 3.63) is 35.9 Å². The van der Waals surface area contributed by atoms with Gasteiger partial charge in [0.05, 0.1) is 0 Å². The monoisotopic (exact) mass is 401 g/mol. The van der Waals surface area contributed by atoms with Crippen molar-refractivity contribution in [1.82, 2.24) is 14.7 Å². The van der Waals surface area contributed by atoms with Gasteiger partial charge in [0.2, 0.25) is 11.8 Å². The van der Waals surface area contributed by atoms with Gasteiger partial charge < -0.3 is 19.4 Å². The highest BCUT2D eigenvalue weighted by Crippen LogP contribution is 2.28. The van der Waals surface area contributed by atoms with Crippen LogP contribution in [-0.4, -0.2) is 70.9 Å². The molecule has 2 heterocycles. The lowest BCUT2D eigenvalue weighted by Gasteiger charge is -2.40. The molecule has 3 rings (SSSR count). The van der Waals surface area contributed by atoms with Crippen molar-refractivity contribution in [3.8, 4) is 0 Å². The number of hydrogen-bond donors (Lipinski definition) is 0. The first-order valence-corrected chi connectivity index (χ1v) is 10.4. The minimum absolute atomic E-state index is 0.0332. The number of ether oxygens (including phenoxy) is 1. The summed E-state index contributed by atoms with van der Waals surface area (Å²) in [5.41, 5.74) is 0.291. The number of rotatable bonds is 3. The second-order valence-electron chi connectivity index (χ2n) is 8.65. The van der Waals surface area contributed by atoms with Crippen LogP contribution in [0.4, 0.5) is 4.79 Å². The van der Waals surface area contributed by atoms with Gasteiger partial charge in [-0.05, 0) is 39.2 Å². The van der Waals surface area contributed by atoms with E-state index in [1.807, 2.05) is 51.1 Å². The molecular weight excluding hydrogens is 370 g/mol. The molecule has 158 valence electrons. The van der Waals surface area contributed by atoms with Gasteiger partial charge in [0.25, 0.3) is 0 Å². The molecule has 2 fully saturated rings. The molecule has 0 N–H and O–H groups in total. The summed E-state index contributed by atoms with van der Waals surface area (Å²) in [6.45, 7) is 7.83. The average molecular weight is 402 g/mol. The molecule has 7 heteroatoms. The van der Waals surface area contributed by atoms with Crippen molar-refractivity contribution >= 4 is 17.9 Å². The fourth-order valence-corrected chi connectivity index (χ4v) is 3.80. The maximum atomic E-state index is 13.4. The van der Waals surface area contributed by atoms with Gasteiger partial charge in [-0.2, -0.15) is 0 Å². The number of piperazine rings is 1. The highest BCUT2D eigenvalue weighted by atomic mass is 16.6. The Morgan fingerprint density at radius 3 is 2.14 bits per heavy atom. The zero-order chi connectivity index (χ0) is 21.0.